The van der Waals surface area contributed by atoms with Crippen molar-refractivity contribution < 1.29 is 15.3 Å². The quantitative estimate of drug-likeness (QED) is 0.244. The second-order valence-electron chi connectivity index (χ2n) is 1.33. The third-order valence-electron chi connectivity index (χ3n) is 0.626. The molecule has 0 aromatic heterocycles. The first-order valence-electron chi connectivity index (χ1n) is 2.21. The highest BCUT2D eigenvalue weighted by atomic mass is 16.6. The number of hydrogen-bond donors (Lipinski definition) is 2. The van der Waals surface area contributed by atoms with E-state index in [1.165, 1.54) is 0 Å². The van der Waals surface area contributed by atoms with Crippen LogP contribution in [0.1, 0.15) is 0 Å². The molecule has 7 heteroatoms. The van der Waals surface area contributed by atoms with E-state index in [1.54, 1.807) is 0 Å². The minimum atomic E-state index is -0.712. The predicted molar refractivity (Wildman–Crippen MR) is 31.4 cm³/mol. The Hall–Kier alpha value is -1.66. The summed E-state index contributed by atoms with van der Waals surface area (Å²) in [5, 5.41) is 30.5. The van der Waals surface area contributed by atoms with Gasteiger partial charge in [0.1, 0.15) is 0 Å². The van der Waals surface area contributed by atoms with E-state index >= 15 is 0 Å². The van der Waals surface area contributed by atoms with Crippen LogP contribution in [0.4, 0.5) is 0 Å². The molecule has 0 bridgehead atoms. The molecule has 0 aromatic carbocycles. The van der Waals surface area contributed by atoms with Crippen molar-refractivity contribution in [2.75, 3.05) is 6.54 Å². The molecular formula is C3H5N3O4. The molecule has 7 nitrogen and oxygen atoms in total. The number of nitro groups is 1. The Balaban J connectivity index is 3.98. The van der Waals surface area contributed by atoms with Gasteiger partial charge in [-0.25, -0.2) is 0 Å². The summed E-state index contributed by atoms with van der Waals surface area (Å²) in [6.07, 6.45) is 0.683. The third-order valence-corrected chi connectivity index (χ3v) is 0.626. The van der Waals surface area contributed by atoms with Crippen molar-refractivity contribution in [3.05, 3.63) is 10.1 Å². The topological polar surface area (TPSA) is 108 Å². The zero-order valence-electron chi connectivity index (χ0n) is 4.84. The maximum atomic E-state index is 9.71. The van der Waals surface area contributed by atoms with Crippen molar-refractivity contribution in [2.45, 2.75) is 0 Å². The van der Waals surface area contributed by atoms with E-state index in [0.29, 0.717) is 6.21 Å². The molecule has 0 spiro atoms. The molecule has 2 N–H and O–H groups in total. The standard InChI is InChI=1S/C3H5N3O4/c7-4-1-3(5-8)2-6(9)10/h1,7-8H,2H2. The lowest BCUT2D eigenvalue weighted by Crippen LogP contribution is -2.14. The number of rotatable bonds is 3. The van der Waals surface area contributed by atoms with Gasteiger partial charge in [0.05, 0.1) is 6.21 Å². The van der Waals surface area contributed by atoms with Gasteiger partial charge in [-0.1, -0.05) is 10.3 Å². The SMILES string of the molecule is O=[N+]([O-])CC(C=NO)=NO. The lowest BCUT2D eigenvalue weighted by molar-refractivity contribution is -0.462. The molecule has 0 amide bonds. The normalized spacial score (nSPS) is 12.2. The molecule has 10 heavy (non-hydrogen) atoms. The van der Waals surface area contributed by atoms with Crippen LogP contribution in [0, 0.1) is 10.1 Å². The van der Waals surface area contributed by atoms with Crippen LogP contribution in [0.2, 0.25) is 0 Å². The van der Waals surface area contributed by atoms with E-state index in [9.17, 15) is 10.1 Å². The van der Waals surface area contributed by atoms with Crippen molar-refractivity contribution in [2.24, 2.45) is 10.3 Å². The average molecular weight is 147 g/mol. The Kier molecular flexibility index (Phi) is 3.54. The third kappa shape index (κ3) is 3.36. The van der Waals surface area contributed by atoms with Crippen molar-refractivity contribution in [3.63, 3.8) is 0 Å². The van der Waals surface area contributed by atoms with Crippen LogP contribution in [0.15, 0.2) is 10.3 Å². The summed E-state index contributed by atoms with van der Waals surface area (Å²) in [4.78, 5) is 9.00. The fraction of sp³-hybridized carbons (Fsp3) is 0.333. The van der Waals surface area contributed by atoms with Gasteiger partial charge >= 0.3 is 0 Å². The maximum absolute atomic E-state index is 9.71. The number of hydrogen-bond acceptors (Lipinski definition) is 6. The van der Waals surface area contributed by atoms with Crippen LogP contribution < -0.4 is 0 Å². The summed E-state index contributed by atoms with van der Waals surface area (Å²) >= 11 is 0. The van der Waals surface area contributed by atoms with Gasteiger partial charge in [-0.15, -0.1) is 0 Å². The molecular weight excluding hydrogens is 142 g/mol. The molecule has 0 unspecified atom stereocenters. The molecule has 0 aliphatic rings. The lowest BCUT2D eigenvalue weighted by Gasteiger charge is -1.87. The van der Waals surface area contributed by atoms with Gasteiger partial charge in [-0.05, 0) is 0 Å². The molecule has 0 saturated heterocycles. The van der Waals surface area contributed by atoms with Crippen molar-refractivity contribution in [1.29, 1.82) is 0 Å². The first-order valence-corrected chi connectivity index (χ1v) is 2.21. The first kappa shape index (κ1) is 8.34. The molecule has 0 radical (unpaired) electrons. The van der Waals surface area contributed by atoms with Crippen LogP contribution in [-0.2, 0) is 0 Å². The Labute approximate surface area is 55.4 Å². The maximum Gasteiger partial charge on any atom is 0.250 e. The van der Waals surface area contributed by atoms with Crippen LogP contribution in [0.3, 0.4) is 0 Å². The van der Waals surface area contributed by atoms with Crippen LogP contribution in [-0.4, -0.2) is 33.8 Å². The van der Waals surface area contributed by atoms with E-state index in [0.717, 1.165) is 0 Å². The van der Waals surface area contributed by atoms with Gasteiger partial charge in [-0.3, -0.25) is 10.1 Å². The summed E-state index contributed by atoms with van der Waals surface area (Å²) in [5.74, 6) is 0. The molecule has 0 heterocycles. The van der Waals surface area contributed by atoms with Crippen molar-refractivity contribution in [3.8, 4) is 0 Å². The largest absolute Gasteiger partial charge is 0.411 e. The molecule has 0 fully saturated rings. The summed E-state index contributed by atoms with van der Waals surface area (Å²) in [6.45, 7) is -0.666. The zero-order valence-corrected chi connectivity index (χ0v) is 4.84. The first-order chi connectivity index (χ1) is 4.70. The fourth-order valence-electron chi connectivity index (χ4n) is 0.297. The minimum Gasteiger partial charge on any atom is -0.411 e. The Morgan fingerprint density at radius 1 is 1.70 bits per heavy atom. The number of nitrogens with zero attached hydrogens (tertiary/aromatic N) is 3. The van der Waals surface area contributed by atoms with Crippen LogP contribution in [0.25, 0.3) is 0 Å². The highest BCUT2D eigenvalue weighted by Crippen LogP contribution is 1.74. The van der Waals surface area contributed by atoms with Crippen molar-refractivity contribution in [1.82, 2.24) is 0 Å². The summed E-state index contributed by atoms with van der Waals surface area (Å²) < 4.78 is 0. The van der Waals surface area contributed by atoms with Gasteiger partial charge in [0.25, 0.3) is 0 Å². The van der Waals surface area contributed by atoms with Gasteiger partial charge in [0.15, 0.2) is 5.71 Å². The Bertz CT molecular complexity index is 175. The fourth-order valence-corrected chi connectivity index (χ4v) is 0.297. The smallest absolute Gasteiger partial charge is 0.250 e. The molecule has 56 valence electrons. The van der Waals surface area contributed by atoms with E-state index in [-0.39, 0.29) is 5.71 Å². The summed E-state index contributed by atoms with van der Waals surface area (Å²) in [6, 6.07) is 0. The lowest BCUT2D eigenvalue weighted by atomic mass is 10.4. The van der Waals surface area contributed by atoms with Gasteiger partial charge in [-0.2, -0.15) is 0 Å². The van der Waals surface area contributed by atoms with Gasteiger partial charge in [0, 0.05) is 4.92 Å². The zero-order chi connectivity index (χ0) is 7.98. The highest BCUT2D eigenvalue weighted by Gasteiger charge is 2.04. The molecule has 0 aromatic rings. The number of oxime groups is 2. The second-order valence-corrected chi connectivity index (χ2v) is 1.33. The molecule has 0 atom stereocenters. The summed E-state index contributed by atoms with van der Waals surface area (Å²) in [5.41, 5.74) is -0.312. The van der Waals surface area contributed by atoms with E-state index in [1.807, 2.05) is 0 Å². The summed E-state index contributed by atoms with van der Waals surface area (Å²) in [7, 11) is 0. The Morgan fingerprint density at radius 3 is 2.60 bits per heavy atom. The molecule has 0 saturated carbocycles. The van der Waals surface area contributed by atoms with Gasteiger partial charge < -0.3 is 10.4 Å². The van der Waals surface area contributed by atoms with Crippen molar-refractivity contribution >= 4 is 11.9 Å². The van der Waals surface area contributed by atoms with Crippen LogP contribution >= 0.6 is 0 Å². The van der Waals surface area contributed by atoms with E-state index in [4.69, 9.17) is 10.4 Å². The Morgan fingerprint density at radius 2 is 2.30 bits per heavy atom. The van der Waals surface area contributed by atoms with E-state index < -0.39 is 11.5 Å². The molecule has 0 aliphatic heterocycles. The van der Waals surface area contributed by atoms with Crippen LogP contribution in [0.5, 0.6) is 0 Å². The monoisotopic (exact) mass is 147 g/mol. The molecule has 0 rings (SSSR count). The minimum absolute atomic E-state index is 0.312. The van der Waals surface area contributed by atoms with Gasteiger partial charge in [0.2, 0.25) is 6.54 Å². The predicted octanol–water partition coefficient (Wildman–Crippen LogP) is -0.447. The molecule has 0 aliphatic carbocycles. The van der Waals surface area contributed by atoms with E-state index in [2.05, 4.69) is 10.3 Å². The highest BCUT2D eigenvalue weighted by molar-refractivity contribution is 6.30. The second kappa shape index (κ2) is 4.24. The average Bonchev–Trinajstić information content (AvgIpc) is 1.86.